The monoisotopic (exact) mass is 542 g/mol. The Morgan fingerprint density at radius 3 is 2.56 bits per heavy atom. The van der Waals surface area contributed by atoms with E-state index in [-0.39, 0.29) is 6.54 Å². The molecule has 4 heterocycles. The van der Waals surface area contributed by atoms with Crippen molar-refractivity contribution >= 4 is 31.8 Å². The average Bonchev–Trinajstić information content (AvgIpc) is 3.55. The van der Waals surface area contributed by atoms with Gasteiger partial charge >= 0.3 is 0 Å². The maximum Gasteiger partial charge on any atom is 0.209 e. The van der Waals surface area contributed by atoms with Crippen LogP contribution in [0.1, 0.15) is 5.56 Å². The molecule has 3 N–H and O–H groups in total. The molecule has 2 aromatic carbocycles. The minimum absolute atomic E-state index is 0.0181. The maximum absolute atomic E-state index is 14.5. The zero-order valence-corrected chi connectivity index (χ0v) is 21.8. The van der Waals surface area contributed by atoms with Crippen LogP contribution in [0.4, 0.5) is 4.39 Å². The lowest BCUT2D eigenvalue weighted by Crippen LogP contribution is -2.21. The lowest BCUT2D eigenvalue weighted by molar-refractivity contribution is 0.413. The Bertz CT molecular complexity index is 1970. The summed E-state index contributed by atoms with van der Waals surface area (Å²) in [6.45, 7) is -0.0181. The van der Waals surface area contributed by atoms with Gasteiger partial charge in [-0.05, 0) is 59.2 Å². The molecule has 0 radical (unpaired) electrons. The first-order chi connectivity index (χ1) is 18.8. The molecule has 0 aliphatic carbocycles. The van der Waals surface area contributed by atoms with Gasteiger partial charge in [-0.1, -0.05) is 6.07 Å². The summed E-state index contributed by atoms with van der Waals surface area (Å²) in [7, 11) is -1.82. The van der Waals surface area contributed by atoms with Crippen molar-refractivity contribution in [2.24, 2.45) is 0 Å². The Morgan fingerprint density at radius 1 is 0.897 bits per heavy atom. The topological polar surface area (TPSA) is 126 Å². The zero-order valence-electron chi connectivity index (χ0n) is 21.0. The molecule has 0 aliphatic rings. The van der Waals surface area contributed by atoms with Gasteiger partial charge in [-0.2, -0.15) is 5.10 Å². The van der Waals surface area contributed by atoms with Crippen LogP contribution in [0.15, 0.2) is 73.3 Å². The zero-order chi connectivity index (χ0) is 27.1. The number of benzene rings is 2. The summed E-state index contributed by atoms with van der Waals surface area (Å²) in [6, 6.07) is 14.4. The molecule has 11 heteroatoms. The van der Waals surface area contributed by atoms with Crippen LogP contribution >= 0.6 is 0 Å². The summed E-state index contributed by atoms with van der Waals surface area (Å²) in [5.74, 6) is 0.201. The van der Waals surface area contributed by atoms with Crippen molar-refractivity contribution in [3.8, 4) is 39.4 Å². The summed E-state index contributed by atoms with van der Waals surface area (Å²) in [4.78, 5) is 12.0. The van der Waals surface area contributed by atoms with Crippen molar-refractivity contribution in [1.82, 2.24) is 29.9 Å². The summed E-state index contributed by atoms with van der Waals surface area (Å²) in [5, 5.41) is 9.40. The molecule has 4 aromatic heterocycles. The number of aromatic amines is 2. The van der Waals surface area contributed by atoms with Gasteiger partial charge in [-0.15, -0.1) is 0 Å². The van der Waals surface area contributed by atoms with E-state index in [1.54, 1.807) is 38.0 Å². The van der Waals surface area contributed by atoms with Crippen molar-refractivity contribution in [2.45, 2.75) is 6.54 Å². The van der Waals surface area contributed by atoms with Gasteiger partial charge in [0.1, 0.15) is 17.3 Å². The third kappa shape index (κ3) is 4.97. The van der Waals surface area contributed by atoms with Gasteiger partial charge in [-0.25, -0.2) is 17.5 Å². The van der Waals surface area contributed by atoms with E-state index < -0.39 is 15.8 Å². The van der Waals surface area contributed by atoms with E-state index in [0.29, 0.717) is 22.4 Å². The van der Waals surface area contributed by atoms with Crippen molar-refractivity contribution in [3.63, 3.8) is 0 Å². The molecule has 0 amide bonds. The van der Waals surface area contributed by atoms with E-state index in [1.165, 1.54) is 12.1 Å². The molecule has 0 bridgehead atoms. The highest BCUT2D eigenvalue weighted by molar-refractivity contribution is 7.88. The molecule has 39 heavy (non-hydrogen) atoms. The predicted octanol–water partition coefficient (Wildman–Crippen LogP) is 5.03. The summed E-state index contributed by atoms with van der Waals surface area (Å²) >= 11 is 0. The Kier molecular flexibility index (Phi) is 6.09. The lowest BCUT2D eigenvalue weighted by Gasteiger charge is -2.08. The fourth-order valence-corrected chi connectivity index (χ4v) is 5.05. The third-order valence-corrected chi connectivity index (χ3v) is 7.12. The van der Waals surface area contributed by atoms with Crippen LogP contribution in [-0.4, -0.2) is 46.9 Å². The molecular formula is C28H23FN6O3S. The number of fused-ring (bicyclic) bond motifs is 2. The van der Waals surface area contributed by atoms with E-state index in [9.17, 15) is 12.8 Å². The molecule has 0 saturated heterocycles. The molecule has 0 unspecified atom stereocenters. The molecular weight excluding hydrogens is 519 g/mol. The van der Waals surface area contributed by atoms with Gasteiger partial charge in [0.25, 0.3) is 0 Å². The summed E-state index contributed by atoms with van der Waals surface area (Å²) in [6.07, 6.45) is 7.87. The number of halogens is 1. The minimum Gasteiger partial charge on any atom is -0.495 e. The second-order valence-electron chi connectivity index (χ2n) is 9.22. The van der Waals surface area contributed by atoms with Crippen molar-refractivity contribution in [3.05, 3.63) is 84.7 Å². The highest BCUT2D eigenvalue weighted by atomic mass is 32.2. The molecule has 0 saturated carbocycles. The molecule has 9 nitrogen and oxygen atoms in total. The SMILES string of the molecule is COc1cncc(-c2ccc3[nH]nc(-c4cc5c(-c6cc(F)cc(CNS(C)(=O)=O)c6)cncc5[nH]4)c3c2)c1. The Morgan fingerprint density at radius 2 is 1.74 bits per heavy atom. The van der Waals surface area contributed by atoms with Crippen LogP contribution < -0.4 is 9.46 Å². The standard InChI is InChI=1S/C28H23FN6O3S/c1-38-21-8-19(12-30-13-21)17-3-4-25-23(9-17)28(35-34-25)26-10-22-24(14-31-15-27(22)33-26)18-5-16(6-20(29)7-18)11-32-39(2,36)37/h3-10,12-15,32-33H,11H2,1-2H3,(H,34,35). The van der Waals surface area contributed by atoms with Gasteiger partial charge in [0.15, 0.2) is 0 Å². The number of nitrogens with one attached hydrogen (secondary N) is 3. The lowest BCUT2D eigenvalue weighted by atomic mass is 10.0. The highest BCUT2D eigenvalue weighted by Crippen LogP contribution is 2.35. The van der Waals surface area contributed by atoms with Gasteiger partial charge in [-0.3, -0.25) is 15.1 Å². The van der Waals surface area contributed by atoms with Crippen molar-refractivity contribution in [1.29, 1.82) is 0 Å². The predicted molar refractivity (Wildman–Crippen MR) is 148 cm³/mol. The number of sulfonamides is 1. The van der Waals surface area contributed by atoms with Gasteiger partial charge in [0.05, 0.1) is 42.5 Å². The van der Waals surface area contributed by atoms with Crippen LogP contribution in [0.5, 0.6) is 5.75 Å². The number of H-pyrrole nitrogens is 2. The smallest absolute Gasteiger partial charge is 0.209 e. The summed E-state index contributed by atoms with van der Waals surface area (Å²) < 4.78 is 45.3. The number of hydrogen-bond acceptors (Lipinski definition) is 6. The van der Waals surface area contributed by atoms with Gasteiger partial charge in [0.2, 0.25) is 10.0 Å². The maximum atomic E-state index is 14.5. The van der Waals surface area contributed by atoms with Crippen LogP contribution in [0.2, 0.25) is 0 Å². The van der Waals surface area contributed by atoms with E-state index in [4.69, 9.17) is 4.74 Å². The second kappa shape index (κ2) is 9.61. The third-order valence-electron chi connectivity index (χ3n) is 6.45. The number of aromatic nitrogens is 5. The van der Waals surface area contributed by atoms with E-state index >= 15 is 0 Å². The Hall–Kier alpha value is -4.61. The normalized spacial score (nSPS) is 11.9. The number of hydrogen-bond donors (Lipinski definition) is 3. The molecule has 6 aromatic rings. The fourth-order valence-electron chi connectivity index (χ4n) is 4.62. The summed E-state index contributed by atoms with van der Waals surface area (Å²) in [5.41, 5.74) is 6.79. The molecule has 0 fully saturated rings. The second-order valence-corrected chi connectivity index (χ2v) is 11.1. The van der Waals surface area contributed by atoms with Gasteiger partial charge < -0.3 is 9.72 Å². The van der Waals surface area contributed by atoms with E-state index in [1.807, 2.05) is 30.3 Å². The number of nitrogens with zero attached hydrogens (tertiary/aromatic N) is 3. The van der Waals surface area contributed by atoms with Crippen LogP contribution in [-0.2, 0) is 16.6 Å². The molecule has 0 atom stereocenters. The Balaban J connectivity index is 1.42. The number of rotatable bonds is 7. The van der Waals surface area contributed by atoms with Crippen molar-refractivity contribution < 1.29 is 17.5 Å². The Labute approximate surface area is 223 Å². The molecule has 0 aliphatic heterocycles. The first kappa shape index (κ1) is 24.7. The first-order valence-electron chi connectivity index (χ1n) is 12.0. The van der Waals surface area contributed by atoms with Crippen LogP contribution in [0, 0.1) is 5.82 Å². The minimum atomic E-state index is -3.42. The number of methoxy groups -OCH3 is 1. The first-order valence-corrected chi connectivity index (χ1v) is 13.9. The molecule has 6 rings (SSSR count). The molecule has 196 valence electrons. The molecule has 0 spiro atoms. The highest BCUT2D eigenvalue weighted by Gasteiger charge is 2.16. The number of ether oxygens (including phenoxy) is 1. The largest absolute Gasteiger partial charge is 0.495 e. The van der Waals surface area contributed by atoms with Crippen LogP contribution in [0.3, 0.4) is 0 Å². The number of pyridine rings is 2. The fraction of sp³-hybridized carbons (Fsp3) is 0.107. The van der Waals surface area contributed by atoms with Gasteiger partial charge in [0, 0.05) is 40.8 Å². The average molecular weight is 543 g/mol. The van der Waals surface area contributed by atoms with Crippen molar-refractivity contribution in [2.75, 3.05) is 13.4 Å². The quantitative estimate of drug-likeness (QED) is 0.260. The van der Waals surface area contributed by atoms with E-state index in [2.05, 4.69) is 29.9 Å². The van der Waals surface area contributed by atoms with E-state index in [0.717, 1.165) is 50.6 Å². The van der Waals surface area contributed by atoms with Crippen LogP contribution in [0.25, 0.3) is 55.4 Å².